The van der Waals surface area contributed by atoms with E-state index in [1.165, 1.54) is 38.5 Å². The predicted molar refractivity (Wildman–Crippen MR) is 84.7 cm³/mol. The molecule has 110 valence electrons. The molecule has 2 aliphatic rings. The van der Waals surface area contributed by atoms with Crippen LogP contribution in [0.25, 0.3) is 0 Å². The number of hydrogen-bond donors (Lipinski definition) is 1. The first-order chi connectivity index (χ1) is 9.76. The summed E-state index contributed by atoms with van der Waals surface area (Å²) in [7, 11) is 0. The van der Waals surface area contributed by atoms with Gasteiger partial charge in [0.2, 0.25) is 0 Å². The number of nitrogens with one attached hydrogen (secondary N) is 1. The van der Waals surface area contributed by atoms with E-state index in [4.69, 9.17) is 16.3 Å². The quantitative estimate of drug-likeness (QED) is 0.813. The lowest BCUT2D eigenvalue weighted by Gasteiger charge is -2.30. The predicted octanol–water partition coefficient (Wildman–Crippen LogP) is 5.12. The van der Waals surface area contributed by atoms with Gasteiger partial charge >= 0.3 is 0 Å². The molecular weight excluding hydrogens is 270 g/mol. The van der Waals surface area contributed by atoms with Crippen molar-refractivity contribution in [1.29, 1.82) is 0 Å². The Hall–Kier alpha value is -0.890. The van der Waals surface area contributed by atoms with Gasteiger partial charge in [-0.3, -0.25) is 0 Å². The van der Waals surface area contributed by atoms with Gasteiger partial charge in [-0.25, -0.2) is 0 Å². The molecule has 0 spiro atoms. The van der Waals surface area contributed by atoms with Crippen LogP contribution < -0.4 is 10.1 Å². The van der Waals surface area contributed by atoms with Crippen LogP contribution >= 0.6 is 11.6 Å². The van der Waals surface area contributed by atoms with E-state index in [2.05, 4.69) is 11.4 Å². The van der Waals surface area contributed by atoms with E-state index in [0.717, 1.165) is 23.3 Å². The number of hydrogen-bond acceptors (Lipinski definition) is 2. The van der Waals surface area contributed by atoms with Gasteiger partial charge < -0.3 is 10.1 Å². The minimum atomic E-state index is 0.614. The summed E-state index contributed by atoms with van der Waals surface area (Å²) in [6.07, 6.45) is 8.35. The fraction of sp³-hybridized carbons (Fsp3) is 0.647. The van der Waals surface area contributed by atoms with E-state index in [-0.39, 0.29) is 0 Å². The maximum atomic E-state index is 6.25. The molecule has 0 aromatic heterocycles. The molecule has 0 bridgehead atoms. The lowest BCUT2D eigenvalue weighted by molar-refractivity contribution is 0.303. The Bertz CT molecular complexity index is 458. The van der Waals surface area contributed by atoms with Crippen LogP contribution in [0.4, 0.5) is 5.69 Å². The summed E-state index contributed by atoms with van der Waals surface area (Å²) in [4.78, 5) is 0. The normalized spacial score (nSPS) is 26.3. The van der Waals surface area contributed by atoms with Crippen LogP contribution in [0.1, 0.15) is 45.4 Å². The fourth-order valence-electron chi connectivity index (χ4n) is 3.45. The maximum Gasteiger partial charge on any atom is 0.138 e. The Morgan fingerprint density at radius 2 is 2.05 bits per heavy atom. The summed E-state index contributed by atoms with van der Waals surface area (Å²) in [6, 6.07) is 6.66. The smallest absolute Gasteiger partial charge is 0.138 e. The third kappa shape index (κ3) is 3.41. The summed E-state index contributed by atoms with van der Waals surface area (Å²) in [5, 5.41) is 4.36. The molecule has 0 saturated heterocycles. The lowest BCUT2D eigenvalue weighted by atomic mass is 9.82. The lowest BCUT2D eigenvalue weighted by Crippen LogP contribution is -2.28. The van der Waals surface area contributed by atoms with E-state index in [0.29, 0.717) is 17.7 Å². The van der Waals surface area contributed by atoms with Gasteiger partial charge in [0.05, 0.1) is 11.6 Å². The highest BCUT2D eigenvalue weighted by atomic mass is 35.5. The third-order valence-corrected chi connectivity index (χ3v) is 4.90. The number of ether oxygens (including phenoxy) is 1. The summed E-state index contributed by atoms with van der Waals surface area (Å²) in [6.45, 7) is 2.63. The van der Waals surface area contributed by atoms with Gasteiger partial charge in [-0.15, -0.1) is 0 Å². The van der Waals surface area contributed by atoms with Crippen LogP contribution in [0.3, 0.4) is 0 Å². The first kappa shape index (κ1) is 14.1. The zero-order valence-corrected chi connectivity index (χ0v) is 13.0. The van der Waals surface area contributed by atoms with Crippen molar-refractivity contribution in [1.82, 2.24) is 0 Å². The molecule has 1 aromatic carbocycles. The Morgan fingerprint density at radius 1 is 1.20 bits per heavy atom. The molecule has 1 N–H and O–H groups in total. The van der Waals surface area contributed by atoms with Gasteiger partial charge in [0.1, 0.15) is 5.75 Å². The second kappa shape index (κ2) is 6.26. The Kier molecular flexibility index (Phi) is 4.40. The van der Waals surface area contributed by atoms with Gasteiger partial charge in [-0.2, -0.15) is 0 Å². The van der Waals surface area contributed by atoms with Gasteiger partial charge in [0, 0.05) is 11.7 Å². The van der Waals surface area contributed by atoms with E-state index < -0.39 is 0 Å². The molecular formula is C17H24ClNO. The highest BCUT2D eigenvalue weighted by Crippen LogP contribution is 2.44. The van der Waals surface area contributed by atoms with Crippen LogP contribution in [0.2, 0.25) is 5.02 Å². The topological polar surface area (TPSA) is 21.3 Å². The Balaban J connectivity index is 1.60. The van der Waals surface area contributed by atoms with Gasteiger partial charge in [-0.1, -0.05) is 24.4 Å². The summed E-state index contributed by atoms with van der Waals surface area (Å²) >= 11 is 6.25. The van der Waals surface area contributed by atoms with Crippen LogP contribution in [-0.4, -0.2) is 12.6 Å². The molecule has 0 amide bonds. The molecule has 1 aromatic rings. The average molecular weight is 294 g/mol. The molecule has 0 radical (unpaired) electrons. The van der Waals surface area contributed by atoms with E-state index in [1.807, 2.05) is 19.1 Å². The second-order valence-corrected chi connectivity index (χ2v) is 6.59. The highest BCUT2D eigenvalue weighted by molar-refractivity contribution is 6.32. The van der Waals surface area contributed by atoms with Crippen LogP contribution in [0.5, 0.6) is 5.75 Å². The minimum Gasteiger partial charge on any atom is -0.492 e. The molecule has 2 fully saturated rings. The van der Waals surface area contributed by atoms with Gasteiger partial charge in [0.15, 0.2) is 0 Å². The molecule has 2 aliphatic carbocycles. The van der Waals surface area contributed by atoms with Crippen LogP contribution in [-0.2, 0) is 0 Å². The number of benzene rings is 1. The standard InChI is InChI=1S/C17H24ClNO/c1-2-20-17-9-8-15(11-16(17)18)19-14-5-3-4-13(10-14)12-6-7-12/h8-9,11-14,19H,2-7,10H2,1H3. The van der Waals surface area contributed by atoms with E-state index in [1.54, 1.807) is 0 Å². The van der Waals surface area contributed by atoms with Crippen LogP contribution in [0, 0.1) is 11.8 Å². The first-order valence-electron chi connectivity index (χ1n) is 7.95. The monoisotopic (exact) mass is 293 g/mol. The third-order valence-electron chi connectivity index (χ3n) is 4.61. The minimum absolute atomic E-state index is 0.614. The van der Waals surface area contributed by atoms with Crippen molar-refractivity contribution in [2.45, 2.75) is 51.5 Å². The summed E-state index contributed by atoms with van der Waals surface area (Å²) < 4.78 is 5.48. The van der Waals surface area contributed by atoms with E-state index in [9.17, 15) is 0 Å². The zero-order chi connectivity index (χ0) is 13.9. The molecule has 0 aliphatic heterocycles. The summed E-state index contributed by atoms with van der Waals surface area (Å²) in [5.41, 5.74) is 1.12. The van der Waals surface area contributed by atoms with Crippen molar-refractivity contribution in [3.05, 3.63) is 23.2 Å². The molecule has 20 heavy (non-hydrogen) atoms. The first-order valence-corrected chi connectivity index (χ1v) is 8.33. The Labute approximate surface area is 126 Å². The number of halogens is 1. The van der Waals surface area contributed by atoms with Crippen molar-refractivity contribution in [2.24, 2.45) is 11.8 Å². The molecule has 3 rings (SSSR count). The van der Waals surface area contributed by atoms with Crippen molar-refractivity contribution < 1.29 is 4.74 Å². The van der Waals surface area contributed by atoms with Gasteiger partial charge in [0.25, 0.3) is 0 Å². The average Bonchev–Trinajstić information content (AvgIpc) is 3.27. The summed E-state index contributed by atoms with van der Waals surface area (Å²) in [5.74, 6) is 2.77. The maximum absolute atomic E-state index is 6.25. The molecule has 0 heterocycles. The number of anilines is 1. The molecule has 3 heteroatoms. The largest absolute Gasteiger partial charge is 0.492 e. The zero-order valence-electron chi connectivity index (χ0n) is 12.2. The van der Waals surface area contributed by atoms with E-state index >= 15 is 0 Å². The molecule has 2 saturated carbocycles. The van der Waals surface area contributed by atoms with Crippen molar-refractivity contribution in [3.63, 3.8) is 0 Å². The van der Waals surface area contributed by atoms with Crippen molar-refractivity contribution in [2.75, 3.05) is 11.9 Å². The molecule has 2 atom stereocenters. The number of rotatable bonds is 5. The Morgan fingerprint density at radius 3 is 2.75 bits per heavy atom. The second-order valence-electron chi connectivity index (χ2n) is 6.18. The van der Waals surface area contributed by atoms with Crippen molar-refractivity contribution >= 4 is 17.3 Å². The van der Waals surface area contributed by atoms with Crippen LogP contribution in [0.15, 0.2) is 18.2 Å². The molecule has 2 unspecified atom stereocenters. The molecule has 2 nitrogen and oxygen atoms in total. The highest BCUT2D eigenvalue weighted by Gasteiger charge is 2.34. The van der Waals surface area contributed by atoms with Gasteiger partial charge in [-0.05, 0) is 62.6 Å². The van der Waals surface area contributed by atoms with Crippen molar-refractivity contribution in [3.8, 4) is 5.75 Å². The SMILES string of the molecule is CCOc1ccc(NC2CCCC(C3CC3)C2)cc1Cl. The fourth-order valence-corrected chi connectivity index (χ4v) is 3.69.